The van der Waals surface area contributed by atoms with Crippen LogP contribution < -0.4 is 10.6 Å². The van der Waals surface area contributed by atoms with E-state index in [1.54, 1.807) is 6.33 Å². The maximum Gasteiger partial charge on any atom is 0.345 e. The average molecular weight is 370 g/mol. The van der Waals surface area contributed by atoms with E-state index in [0.29, 0.717) is 31.6 Å². The molecule has 8 nitrogen and oxygen atoms in total. The van der Waals surface area contributed by atoms with Crippen molar-refractivity contribution in [1.82, 2.24) is 24.8 Å². The second kappa shape index (κ2) is 7.85. The molecule has 1 N–H and O–H groups in total. The van der Waals surface area contributed by atoms with Crippen molar-refractivity contribution in [3.05, 3.63) is 45.0 Å². The van der Waals surface area contributed by atoms with Crippen LogP contribution >= 0.6 is 0 Å². The second-order valence-electron chi connectivity index (χ2n) is 7.01. The number of hydrogen-bond acceptors (Lipinski definition) is 6. The number of piperazine rings is 1. The number of hydrogen-bond donors (Lipinski definition) is 1. The first kappa shape index (κ1) is 19.0. The first-order chi connectivity index (χ1) is 12.9. The van der Waals surface area contributed by atoms with Gasteiger partial charge in [0, 0.05) is 55.2 Å². The molecule has 0 radical (unpaired) electrons. The number of aromatic amines is 1. The van der Waals surface area contributed by atoms with Gasteiger partial charge in [-0.25, -0.2) is 14.8 Å². The molecule has 0 saturated carbocycles. The molecule has 0 spiro atoms. The minimum atomic E-state index is -0.341. The van der Waals surface area contributed by atoms with Crippen LogP contribution in [0.15, 0.2) is 11.1 Å². The summed E-state index contributed by atoms with van der Waals surface area (Å²) in [6.07, 6.45) is 2.60. The van der Waals surface area contributed by atoms with Gasteiger partial charge in [-0.3, -0.25) is 4.79 Å². The number of H-pyrrole nitrogens is 1. The van der Waals surface area contributed by atoms with Crippen molar-refractivity contribution in [2.75, 3.05) is 31.1 Å². The molecule has 0 atom stereocenters. The van der Waals surface area contributed by atoms with Gasteiger partial charge in [0.25, 0.3) is 0 Å². The summed E-state index contributed by atoms with van der Waals surface area (Å²) in [5, 5.41) is 0. The van der Waals surface area contributed by atoms with Crippen LogP contribution in [0.4, 0.5) is 5.82 Å². The average Bonchev–Trinajstić information content (AvgIpc) is 2.63. The SMILES string of the molecule is Cc1ncnc(N2CCN(C(=O)CCc3c(C)nc(=O)[nH]c3C)CC2)c1C. The molecular formula is C19H26N6O2. The summed E-state index contributed by atoms with van der Waals surface area (Å²) in [4.78, 5) is 43.4. The van der Waals surface area contributed by atoms with Crippen molar-refractivity contribution in [2.24, 2.45) is 0 Å². The number of aryl methyl sites for hydroxylation is 3. The maximum absolute atomic E-state index is 12.6. The normalized spacial score (nSPS) is 14.5. The van der Waals surface area contributed by atoms with Crippen LogP contribution in [0.25, 0.3) is 0 Å². The van der Waals surface area contributed by atoms with Crippen LogP contribution in [0.1, 0.15) is 34.6 Å². The predicted molar refractivity (Wildman–Crippen MR) is 103 cm³/mol. The summed E-state index contributed by atoms with van der Waals surface area (Å²) in [5.74, 6) is 1.09. The topological polar surface area (TPSA) is 95.1 Å². The van der Waals surface area contributed by atoms with Crippen molar-refractivity contribution < 1.29 is 4.79 Å². The molecule has 27 heavy (non-hydrogen) atoms. The highest BCUT2D eigenvalue weighted by molar-refractivity contribution is 5.77. The number of nitrogens with zero attached hydrogens (tertiary/aromatic N) is 5. The molecule has 2 aromatic rings. The first-order valence-electron chi connectivity index (χ1n) is 9.24. The fourth-order valence-electron chi connectivity index (χ4n) is 3.53. The molecule has 1 amide bonds. The monoisotopic (exact) mass is 370 g/mol. The molecule has 3 heterocycles. The lowest BCUT2D eigenvalue weighted by Gasteiger charge is -2.36. The summed E-state index contributed by atoms with van der Waals surface area (Å²) in [6, 6.07) is 0. The van der Waals surface area contributed by atoms with Crippen LogP contribution in [-0.2, 0) is 11.2 Å². The Morgan fingerprint density at radius 3 is 2.44 bits per heavy atom. The Morgan fingerprint density at radius 2 is 1.78 bits per heavy atom. The summed E-state index contributed by atoms with van der Waals surface area (Å²) in [5.41, 5.74) is 4.18. The van der Waals surface area contributed by atoms with Gasteiger partial charge in [-0.15, -0.1) is 0 Å². The number of anilines is 1. The molecule has 0 aliphatic carbocycles. The third-order valence-corrected chi connectivity index (χ3v) is 5.28. The Hall–Kier alpha value is -2.77. The van der Waals surface area contributed by atoms with Crippen molar-refractivity contribution in [2.45, 2.75) is 40.5 Å². The smallest absolute Gasteiger partial charge is 0.345 e. The van der Waals surface area contributed by atoms with Crippen molar-refractivity contribution in [3.8, 4) is 0 Å². The van der Waals surface area contributed by atoms with Gasteiger partial charge in [0.15, 0.2) is 0 Å². The van der Waals surface area contributed by atoms with Crippen LogP contribution in [0, 0.1) is 27.7 Å². The Labute approximate surface area is 158 Å². The molecule has 1 aliphatic rings. The van der Waals surface area contributed by atoms with E-state index in [0.717, 1.165) is 41.4 Å². The first-order valence-corrected chi connectivity index (χ1v) is 9.24. The van der Waals surface area contributed by atoms with Gasteiger partial charge in [-0.05, 0) is 39.7 Å². The molecule has 3 rings (SSSR count). The molecule has 2 aromatic heterocycles. The molecule has 0 bridgehead atoms. The highest BCUT2D eigenvalue weighted by atomic mass is 16.2. The molecule has 1 fully saturated rings. The quantitative estimate of drug-likeness (QED) is 0.865. The summed E-state index contributed by atoms with van der Waals surface area (Å²) in [7, 11) is 0. The largest absolute Gasteiger partial charge is 0.353 e. The van der Waals surface area contributed by atoms with E-state index in [1.165, 1.54) is 0 Å². The van der Waals surface area contributed by atoms with Crippen LogP contribution in [0.2, 0.25) is 0 Å². The molecular weight excluding hydrogens is 344 g/mol. The number of rotatable bonds is 4. The van der Waals surface area contributed by atoms with Crippen LogP contribution in [0.3, 0.4) is 0 Å². The van der Waals surface area contributed by atoms with Crippen LogP contribution in [0.5, 0.6) is 0 Å². The number of amides is 1. The van der Waals surface area contributed by atoms with Gasteiger partial charge in [0.05, 0.1) is 0 Å². The second-order valence-corrected chi connectivity index (χ2v) is 7.01. The highest BCUT2D eigenvalue weighted by Gasteiger charge is 2.23. The molecule has 8 heteroatoms. The van der Waals surface area contributed by atoms with E-state index >= 15 is 0 Å². The number of aromatic nitrogens is 4. The standard InChI is InChI=1S/C19H26N6O2/c1-12-13(2)20-11-21-18(12)25-9-7-24(8-10-25)17(26)6-5-16-14(3)22-19(27)23-15(16)4/h11H,5-10H2,1-4H3,(H,22,23,27). The Kier molecular flexibility index (Phi) is 5.53. The Bertz CT molecular complexity index is 873. The van der Waals surface area contributed by atoms with E-state index in [9.17, 15) is 9.59 Å². The van der Waals surface area contributed by atoms with E-state index < -0.39 is 0 Å². The zero-order valence-electron chi connectivity index (χ0n) is 16.4. The zero-order valence-corrected chi connectivity index (χ0v) is 16.4. The maximum atomic E-state index is 12.6. The predicted octanol–water partition coefficient (Wildman–Crippen LogP) is 1.07. The molecule has 144 valence electrons. The Morgan fingerprint density at radius 1 is 1.07 bits per heavy atom. The lowest BCUT2D eigenvalue weighted by atomic mass is 10.1. The molecule has 0 unspecified atom stereocenters. The molecule has 0 aromatic carbocycles. The number of nitrogens with one attached hydrogen (secondary N) is 1. The fraction of sp³-hybridized carbons (Fsp3) is 0.526. The van der Waals surface area contributed by atoms with E-state index in [-0.39, 0.29) is 11.6 Å². The number of carbonyl (C=O) groups is 1. The van der Waals surface area contributed by atoms with Gasteiger partial charge < -0.3 is 14.8 Å². The van der Waals surface area contributed by atoms with Crippen molar-refractivity contribution in [3.63, 3.8) is 0 Å². The van der Waals surface area contributed by atoms with Gasteiger partial charge in [0.2, 0.25) is 5.91 Å². The third kappa shape index (κ3) is 4.15. The minimum absolute atomic E-state index is 0.134. The van der Waals surface area contributed by atoms with Gasteiger partial charge in [0.1, 0.15) is 12.1 Å². The highest BCUT2D eigenvalue weighted by Crippen LogP contribution is 2.20. The van der Waals surface area contributed by atoms with Crippen molar-refractivity contribution in [1.29, 1.82) is 0 Å². The fourth-order valence-corrected chi connectivity index (χ4v) is 3.53. The van der Waals surface area contributed by atoms with Gasteiger partial charge in [-0.2, -0.15) is 4.98 Å². The number of carbonyl (C=O) groups excluding carboxylic acids is 1. The summed E-state index contributed by atoms with van der Waals surface area (Å²) in [6.45, 7) is 10.6. The van der Waals surface area contributed by atoms with Crippen molar-refractivity contribution >= 4 is 11.7 Å². The lowest BCUT2D eigenvalue weighted by molar-refractivity contribution is -0.131. The van der Waals surface area contributed by atoms with Gasteiger partial charge >= 0.3 is 5.69 Å². The lowest BCUT2D eigenvalue weighted by Crippen LogP contribution is -2.49. The van der Waals surface area contributed by atoms with E-state index in [2.05, 4.69) is 24.8 Å². The zero-order chi connectivity index (χ0) is 19.6. The summed E-state index contributed by atoms with van der Waals surface area (Å²) < 4.78 is 0. The van der Waals surface area contributed by atoms with Gasteiger partial charge in [-0.1, -0.05) is 0 Å². The summed E-state index contributed by atoms with van der Waals surface area (Å²) >= 11 is 0. The Balaban J connectivity index is 1.58. The molecule has 1 aliphatic heterocycles. The molecule has 1 saturated heterocycles. The van der Waals surface area contributed by atoms with E-state index in [4.69, 9.17) is 0 Å². The third-order valence-electron chi connectivity index (χ3n) is 5.28. The minimum Gasteiger partial charge on any atom is -0.353 e. The van der Waals surface area contributed by atoms with Crippen LogP contribution in [-0.4, -0.2) is 56.9 Å². The van der Waals surface area contributed by atoms with E-state index in [1.807, 2.05) is 32.6 Å².